The van der Waals surface area contributed by atoms with Gasteiger partial charge in [-0.3, -0.25) is 5.10 Å². The van der Waals surface area contributed by atoms with Crippen LogP contribution in [0.15, 0.2) is 12.1 Å². The lowest BCUT2D eigenvalue weighted by molar-refractivity contribution is 0.0649. The molecular weight excluding hydrogens is 343 g/mol. The molecule has 0 saturated carbocycles. The van der Waals surface area contributed by atoms with Gasteiger partial charge >= 0.3 is 0 Å². The van der Waals surface area contributed by atoms with E-state index in [1.807, 2.05) is 6.07 Å². The lowest BCUT2D eigenvalue weighted by atomic mass is 9.76. The summed E-state index contributed by atoms with van der Waals surface area (Å²) >= 11 is 0. The van der Waals surface area contributed by atoms with Gasteiger partial charge in [0.25, 0.3) is 0 Å². The van der Waals surface area contributed by atoms with Crippen LogP contribution >= 0.6 is 0 Å². The van der Waals surface area contributed by atoms with Crippen molar-refractivity contribution in [1.29, 1.82) is 0 Å². The molecule has 2 aliphatic rings. The Morgan fingerprint density at radius 1 is 1.30 bits per heavy atom. The van der Waals surface area contributed by atoms with Crippen LogP contribution in [0.4, 0.5) is 10.2 Å². The molecule has 146 valence electrons. The fourth-order valence-electron chi connectivity index (χ4n) is 4.25. The summed E-state index contributed by atoms with van der Waals surface area (Å²) in [6.45, 7) is 7.07. The molecule has 0 aromatic carbocycles. The molecule has 0 atom stereocenters. The van der Waals surface area contributed by atoms with Crippen LogP contribution in [0.5, 0.6) is 0 Å². The van der Waals surface area contributed by atoms with Crippen LogP contribution in [-0.2, 0) is 17.6 Å². The summed E-state index contributed by atoms with van der Waals surface area (Å²) in [5, 5.41) is 11.0. The number of halogens is 1. The van der Waals surface area contributed by atoms with Crippen LogP contribution in [0.2, 0.25) is 0 Å². The van der Waals surface area contributed by atoms with E-state index in [0.29, 0.717) is 11.7 Å². The van der Waals surface area contributed by atoms with Gasteiger partial charge in [0.05, 0.1) is 5.69 Å². The number of nitrogens with one attached hydrogen (secondary N) is 2. The Morgan fingerprint density at radius 2 is 2.11 bits per heavy atom. The number of hydrogen-bond acceptors (Lipinski definition) is 4. The summed E-state index contributed by atoms with van der Waals surface area (Å²) in [7, 11) is 0. The maximum atomic E-state index is 14.2. The van der Waals surface area contributed by atoms with Crippen LogP contribution in [0.3, 0.4) is 0 Å². The number of nitrogens with zero attached hydrogens (tertiary/aromatic N) is 2. The third-order valence-corrected chi connectivity index (χ3v) is 5.93. The number of ether oxygens (including phenoxy) is 1. The maximum Gasteiger partial charge on any atom is 0.215 e. The third kappa shape index (κ3) is 4.32. The second-order valence-corrected chi connectivity index (χ2v) is 8.71. The van der Waals surface area contributed by atoms with Gasteiger partial charge in [0.2, 0.25) is 5.95 Å². The lowest BCUT2D eigenvalue weighted by Gasteiger charge is -2.29. The lowest BCUT2D eigenvalue weighted by Crippen LogP contribution is -2.21. The minimum absolute atomic E-state index is 0.289. The van der Waals surface area contributed by atoms with Crippen LogP contribution < -0.4 is 5.32 Å². The third-order valence-electron chi connectivity index (χ3n) is 5.93. The van der Waals surface area contributed by atoms with Gasteiger partial charge in [-0.1, -0.05) is 13.8 Å². The summed E-state index contributed by atoms with van der Waals surface area (Å²) in [4.78, 5) is 4.02. The van der Waals surface area contributed by atoms with Crippen LogP contribution in [0.1, 0.15) is 50.8 Å². The molecule has 1 saturated heterocycles. The van der Waals surface area contributed by atoms with Gasteiger partial charge < -0.3 is 10.1 Å². The van der Waals surface area contributed by atoms with E-state index in [-0.39, 0.29) is 5.41 Å². The minimum atomic E-state index is -0.464. The molecule has 1 fully saturated rings. The molecule has 0 spiro atoms. The second kappa shape index (κ2) is 7.58. The van der Waals surface area contributed by atoms with Gasteiger partial charge in [-0.25, -0.2) is 4.98 Å². The van der Waals surface area contributed by atoms with E-state index in [9.17, 15) is 4.39 Å². The fourth-order valence-corrected chi connectivity index (χ4v) is 4.25. The number of anilines is 1. The van der Waals surface area contributed by atoms with Crippen molar-refractivity contribution in [1.82, 2.24) is 15.2 Å². The molecule has 0 unspecified atom stereocenters. The second-order valence-electron chi connectivity index (χ2n) is 8.71. The van der Waals surface area contributed by atoms with E-state index in [0.717, 1.165) is 69.5 Å². The average Bonchev–Trinajstić information content (AvgIpc) is 3.04. The zero-order valence-corrected chi connectivity index (χ0v) is 16.3. The predicted octanol–water partition coefficient (Wildman–Crippen LogP) is 4.35. The first-order valence-electron chi connectivity index (χ1n) is 10.1. The number of aromatic amines is 1. The molecule has 1 aliphatic carbocycles. The normalized spacial score (nSPS) is 19.7. The molecule has 4 rings (SSSR count). The Balaban J connectivity index is 1.47. The fraction of sp³-hybridized carbons (Fsp3) is 0.619. The van der Waals surface area contributed by atoms with Crippen LogP contribution in [-0.4, -0.2) is 34.9 Å². The number of fused-ring (bicyclic) bond motifs is 1. The first kappa shape index (κ1) is 18.4. The van der Waals surface area contributed by atoms with E-state index in [1.165, 1.54) is 17.3 Å². The summed E-state index contributed by atoms with van der Waals surface area (Å²) in [6, 6.07) is 3.41. The SMILES string of the molecule is CC1(C)CCc2c(-c3cc(F)nc(NCCC4CCOCC4)c3)n[nH]c2C1. The minimum Gasteiger partial charge on any atom is -0.381 e. The number of rotatable bonds is 5. The molecule has 0 bridgehead atoms. The highest BCUT2D eigenvalue weighted by molar-refractivity contribution is 5.67. The van der Waals surface area contributed by atoms with E-state index < -0.39 is 5.95 Å². The first-order valence-corrected chi connectivity index (χ1v) is 10.1. The van der Waals surface area contributed by atoms with Crippen molar-refractivity contribution in [3.8, 4) is 11.3 Å². The van der Waals surface area contributed by atoms with Crippen LogP contribution in [0.25, 0.3) is 11.3 Å². The van der Waals surface area contributed by atoms with Crippen LogP contribution in [0, 0.1) is 17.3 Å². The first-order chi connectivity index (χ1) is 13.0. The van der Waals surface area contributed by atoms with Gasteiger partial charge in [0.1, 0.15) is 5.82 Å². The Kier molecular flexibility index (Phi) is 5.17. The van der Waals surface area contributed by atoms with E-state index >= 15 is 0 Å². The van der Waals surface area contributed by atoms with Crippen molar-refractivity contribution in [2.24, 2.45) is 11.3 Å². The van der Waals surface area contributed by atoms with Gasteiger partial charge in [0, 0.05) is 42.6 Å². The molecule has 0 radical (unpaired) electrons. The highest BCUT2D eigenvalue weighted by Crippen LogP contribution is 2.38. The molecule has 5 nitrogen and oxygen atoms in total. The quantitative estimate of drug-likeness (QED) is 0.766. The summed E-state index contributed by atoms with van der Waals surface area (Å²) in [5.74, 6) is 0.805. The summed E-state index contributed by atoms with van der Waals surface area (Å²) < 4.78 is 19.6. The number of hydrogen-bond donors (Lipinski definition) is 2. The Hall–Kier alpha value is -1.95. The number of pyridine rings is 1. The van der Waals surface area contributed by atoms with Crippen molar-refractivity contribution in [3.05, 3.63) is 29.3 Å². The Labute approximate surface area is 160 Å². The smallest absolute Gasteiger partial charge is 0.215 e. The Bertz CT molecular complexity index is 795. The molecule has 2 N–H and O–H groups in total. The van der Waals surface area contributed by atoms with E-state index in [2.05, 4.69) is 34.3 Å². The number of H-pyrrole nitrogens is 1. The van der Waals surface area contributed by atoms with Gasteiger partial charge in [-0.05, 0) is 55.9 Å². The Morgan fingerprint density at radius 3 is 2.93 bits per heavy atom. The molecule has 1 aliphatic heterocycles. The van der Waals surface area contributed by atoms with Gasteiger partial charge in [-0.2, -0.15) is 9.49 Å². The highest BCUT2D eigenvalue weighted by atomic mass is 19.1. The van der Waals surface area contributed by atoms with Crippen molar-refractivity contribution >= 4 is 5.82 Å². The summed E-state index contributed by atoms with van der Waals surface area (Å²) in [5.41, 5.74) is 4.38. The van der Waals surface area contributed by atoms with Gasteiger partial charge in [-0.15, -0.1) is 0 Å². The molecular formula is C21H29FN4O. The summed E-state index contributed by atoms with van der Waals surface area (Å²) in [6.07, 6.45) is 6.36. The van der Waals surface area contributed by atoms with Gasteiger partial charge in [0.15, 0.2) is 0 Å². The maximum absolute atomic E-state index is 14.2. The average molecular weight is 372 g/mol. The monoisotopic (exact) mass is 372 g/mol. The zero-order valence-electron chi connectivity index (χ0n) is 16.3. The molecule has 27 heavy (non-hydrogen) atoms. The highest BCUT2D eigenvalue weighted by Gasteiger charge is 2.29. The standard InChI is InChI=1S/C21H29FN4O/c1-21(2)7-3-16-17(13-21)25-26-20(16)15-11-18(22)24-19(12-15)23-8-4-14-5-9-27-10-6-14/h11-12,14H,3-10,13H2,1-2H3,(H,23,24)(H,25,26). The van der Waals surface area contributed by atoms with E-state index in [4.69, 9.17) is 4.74 Å². The van der Waals surface area contributed by atoms with Crippen molar-refractivity contribution in [3.63, 3.8) is 0 Å². The van der Waals surface area contributed by atoms with Crippen molar-refractivity contribution < 1.29 is 9.13 Å². The molecule has 3 heterocycles. The topological polar surface area (TPSA) is 62.8 Å². The molecule has 2 aromatic heterocycles. The zero-order chi connectivity index (χ0) is 18.9. The largest absolute Gasteiger partial charge is 0.381 e. The molecule has 2 aromatic rings. The number of aromatic nitrogens is 3. The molecule has 6 heteroatoms. The van der Waals surface area contributed by atoms with Crippen molar-refractivity contribution in [2.75, 3.05) is 25.1 Å². The predicted molar refractivity (Wildman–Crippen MR) is 104 cm³/mol. The van der Waals surface area contributed by atoms with Crippen molar-refractivity contribution in [2.45, 2.75) is 52.4 Å². The molecule has 0 amide bonds. The van der Waals surface area contributed by atoms with E-state index in [1.54, 1.807) is 0 Å².